The monoisotopic (exact) mass is 245 g/mol. The number of nitrogens with zero attached hydrogens (tertiary/aromatic N) is 4. The molecule has 0 spiro atoms. The van der Waals surface area contributed by atoms with Gasteiger partial charge in [0.1, 0.15) is 0 Å². The summed E-state index contributed by atoms with van der Waals surface area (Å²) in [5.41, 5.74) is 6.82. The molecule has 18 heavy (non-hydrogen) atoms. The molecule has 1 saturated carbocycles. The van der Waals surface area contributed by atoms with E-state index in [1.54, 1.807) is 6.20 Å². The Morgan fingerprint density at radius 1 is 1.39 bits per heavy atom. The molecule has 2 aromatic heterocycles. The number of hydrogen-bond acceptors (Lipinski definition) is 4. The van der Waals surface area contributed by atoms with Crippen LogP contribution in [0.5, 0.6) is 0 Å². The molecular formula is C13H19N5. The summed E-state index contributed by atoms with van der Waals surface area (Å²) in [5, 5.41) is 12.9. The van der Waals surface area contributed by atoms with Crippen LogP contribution in [0.15, 0.2) is 18.3 Å². The van der Waals surface area contributed by atoms with Crippen LogP contribution < -0.4 is 5.73 Å². The molecule has 2 aromatic rings. The van der Waals surface area contributed by atoms with Crippen LogP contribution in [0.4, 0.5) is 0 Å². The van der Waals surface area contributed by atoms with Gasteiger partial charge in [0.25, 0.3) is 0 Å². The molecule has 96 valence electrons. The van der Waals surface area contributed by atoms with Gasteiger partial charge in [-0.3, -0.25) is 0 Å². The van der Waals surface area contributed by atoms with Crippen molar-refractivity contribution in [3.8, 4) is 0 Å². The van der Waals surface area contributed by atoms with Gasteiger partial charge in [-0.1, -0.05) is 6.92 Å². The van der Waals surface area contributed by atoms with E-state index in [-0.39, 0.29) is 5.41 Å². The number of rotatable bonds is 2. The molecule has 1 fully saturated rings. The van der Waals surface area contributed by atoms with E-state index in [4.69, 9.17) is 5.73 Å². The van der Waals surface area contributed by atoms with Crippen molar-refractivity contribution in [3.63, 3.8) is 0 Å². The third kappa shape index (κ3) is 1.70. The quantitative estimate of drug-likeness (QED) is 0.871. The molecule has 2 N–H and O–H groups in total. The van der Waals surface area contributed by atoms with Crippen molar-refractivity contribution in [2.75, 3.05) is 6.54 Å². The van der Waals surface area contributed by atoms with Gasteiger partial charge >= 0.3 is 0 Å². The Balaban J connectivity index is 2.06. The van der Waals surface area contributed by atoms with Crippen molar-refractivity contribution in [1.82, 2.24) is 19.8 Å². The maximum absolute atomic E-state index is 6.06. The van der Waals surface area contributed by atoms with Crippen molar-refractivity contribution in [1.29, 1.82) is 0 Å². The highest BCUT2D eigenvalue weighted by Crippen LogP contribution is 2.39. The van der Waals surface area contributed by atoms with Crippen LogP contribution in [0.25, 0.3) is 5.65 Å². The highest BCUT2D eigenvalue weighted by molar-refractivity contribution is 5.36. The predicted octanol–water partition coefficient (Wildman–Crippen LogP) is 1.53. The minimum atomic E-state index is -0.0414. The lowest BCUT2D eigenvalue weighted by Crippen LogP contribution is -2.40. The zero-order valence-electron chi connectivity index (χ0n) is 10.7. The van der Waals surface area contributed by atoms with Crippen LogP contribution in [0, 0.1) is 5.92 Å². The Morgan fingerprint density at radius 3 is 2.89 bits per heavy atom. The molecule has 3 rings (SSSR count). The first-order valence-corrected chi connectivity index (χ1v) is 6.62. The van der Waals surface area contributed by atoms with Gasteiger partial charge in [-0.25, -0.2) is 0 Å². The lowest BCUT2D eigenvalue weighted by Gasteiger charge is -2.36. The molecule has 1 aliphatic rings. The predicted molar refractivity (Wildman–Crippen MR) is 69.1 cm³/mol. The number of nitrogens with two attached hydrogens (primary N) is 1. The molecule has 5 nitrogen and oxygen atoms in total. The molecule has 0 radical (unpaired) electrons. The fourth-order valence-electron chi connectivity index (χ4n) is 2.91. The smallest absolute Gasteiger partial charge is 0.177 e. The van der Waals surface area contributed by atoms with Crippen LogP contribution >= 0.6 is 0 Å². The fourth-order valence-corrected chi connectivity index (χ4v) is 2.91. The molecule has 5 heteroatoms. The van der Waals surface area contributed by atoms with Crippen molar-refractivity contribution >= 4 is 5.65 Å². The average Bonchev–Trinajstić information content (AvgIpc) is 2.85. The molecule has 0 amide bonds. The summed E-state index contributed by atoms with van der Waals surface area (Å²) < 4.78 is 1.85. The maximum atomic E-state index is 6.06. The van der Waals surface area contributed by atoms with Crippen LogP contribution in [0.1, 0.15) is 38.4 Å². The Hall–Kier alpha value is -1.49. The Bertz CT molecular complexity index is 539. The van der Waals surface area contributed by atoms with Gasteiger partial charge in [0, 0.05) is 18.2 Å². The standard InChI is InChI=1S/C13H19N5/c1-10-4-6-13(9-14,7-5-10)12-17-16-11-3-2-8-15-18(11)12/h2-3,8,10H,4-7,9,14H2,1H3. The second-order valence-electron chi connectivity index (χ2n) is 5.48. The van der Waals surface area contributed by atoms with E-state index in [0.29, 0.717) is 6.54 Å². The summed E-state index contributed by atoms with van der Waals surface area (Å²) >= 11 is 0. The van der Waals surface area contributed by atoms with Crippen LogP contribution in [0.2, 0.25) is 0 Å². The third-order valence-corrected chi connectivity index (χ3v) is 4.27. The van der Waals surface area contributed by atoms with Gasteiger partial charge in [-0.15, -0.1) is 10.2 Å². The number of fused-ring (bicyclic) bond motifs is 1. The van der Waals surface area contributed by atoms with Crippen molar-refractivity contribution < 1.29 is 0 Å². The van der Waals surface area contributed by atoms with Crippen LogP contribution in [-0.4, -0.2) is 26.4 Å². The topological polar surface area (TPSA) is 69.1 Å². The largest absolute Gasteiger partial charge is 0.329 e. The first kappa shape index (κ1) is 11.6. The summed E-state index contributed by atoms with van der Waals surface area (Å²) in [7, 11) is 0. The van der Waals surface area contributed by atoms with Crippen LogP contribution in [-0.2, 0) is 5.41 Å². The van der Waals surface area contributed by atoms with E-state index in [2.05, 4.69) is 22.2 Å². The average molecular weight is 245 g/mol. The number of hydrogen-bond donors (Lipinski definition) is 1. The molecule has 0 aromatic carbocycles. The Labute approximate surface area is 106 Å². The van der Waals surface area contributed by atoms with Gasteiger partial charge < -0.3 is 5.73 Å². The van der Waals surface area contributed by atoms with Crippen molar-refractivity contribution in [2.24, 2.45) is 11.7 Å². The zero-order chi connectivity index (χ0) is 12.6. The highest BCUT2D eigenvalue weighted by atomic mass is 15.4. The molecule has 1 aliphatic carbocycles. The molecule has 0 bridgehead atoms. The lowest BCUT2D eigenvalue weighted by atomic mass is 9.70. The normalized spacial score (nSPS) is 28.7. The van der Waals surface area contributed by atoms with E-state index in [1.165, 1.54) is 12.8 Å². The van der Waals surface area contributed by atoms with Gasteiger partial charge in [0.2, 0.25) is 0 Å². The summed E-state index contributed by atoms with van der Waals surface area (Å²) in [4.78, 5) is 0. The molecule has 0 atom stereocenters. The van der Waals surface area contributed by atoms with E-state index in [0.717, 1.165) is 30.2 Å². The summed E-state index contributed by atoms with van der Waals surface area (Å²) in [6.07, 6.45) is 6.36. The van der Waals surface area contributed by atoms with Crippen molar-refractivity contribution in [2.45, 2.75) is 38.0 Å². The third-order valence-electron chi connectivity index (χ3n) is 4.27. The lowest BCUT2D eigenvalue weighted by molar-refractivity contribution is 0.233. The summed E-state index contributed by atoms with van der Waals surface area (Å²) in [6, 6.07) is 3.81. The highest BCUT2D eigenvalue weighted by Gasteiger charge is 2.38. The molecule has 0 unspecified atom stereocenters. The molecule has 2 heterocycles. The molecule has 0 aliphatic heterocycles. The first-order valence-electron chi connectivity index (χ1n) is 6.62. The molecular weight excluding hydrogens is 226 g/mol. The fraction of sp³-hybridized carbons (Fsp3) is 0.615. The van der Waals surface area contributed by atoms with E-state index < -0.39 is 0 Å². The van der Waals surface area contributed by atoms with Gasteiger partial charge in [-0.05, 0) is 43.7 Å². The van der Waals surface area contributed by atoms with Crippen molar-refractivity contribution in [3.05, 3.63) is 24.2 Å². The minimum Gasteiger partial charge on any atom is -0.329 e. The minimum absolute atomic E-state index is 0.0414. The Morgan fingerprint density at radius 2 is 2.17 bits per heavy atom. The van der Waals surface area contributed by atoms with Gasteiger partial charge in [0.05, 0.1) is 0 Å². The zero-order valence-corrected chi connectivity index (χ0v) is 10.7. The Kier molecular flexibility index (Phi) is 2.78. The molecule has 0 saturated heterocycles. The summed E-state index contributed by atoms with van der Waals surface area (Å²) in [5.74, 6) is 1.73. The maximum Gasteiger partial charge on any atom is 0.177 e. The van der Waals surface area contributed by atoms with Crippen LogP contribution in [0.3, 0.4) is 0 Å². The van der Waals surface area contributed by atoms with Gasteiger partial charge in [0.15, 0.2) is 11.5 Å². The van der Waals surface area contributed by atoms with E-state index in [1.807, 2.05) is 16.6 Å². The van der Waals surface area contributed by atoms with E-state index in [9.17, 15) is 0 Å². The first-order chi connectivity index (χ1) is 8.75. The SMILES string of the molecule is CC1CCC(CN)(c2nnc3cccnn23)CC1. The van der Waals surface area contributed by atoms with E-state index >= 15 is 0 Å². The second kappa shape index (κ2) is 4.31. The number of aromatic nitrogens is 4. The second-order valence-corrected chi connectivity index (χ2v) is 5.48. The summed E-state index contributed by atoms with van der Waals surface area (Å²) in [6.45, 7) is 2.93. The van der Waals surface area contributed by atoms with Gasteiger partial charge in [-0.2, -0.15) is 9.61 Å².